The maximum absolute atomic E-state index is 9.72. The Morgan fingerprint density at radius 3 is 1.50 bits per heavy atom. The molecular formula is C14H30O2. The Bertz CT molecular complexity index is 137. The Morgan fingerprint density at radius 1 is 0.625 bits per heavy atom. The van der Waals surface area contributed by atoms with Gasteiger partial charge in [0, 0.05) is 0 Å². The third-order valence-corrected chi connectivity index (χ3v) is 3.15. The van der Waals surface area contributed by atoms with Crippen molar-refractivity contribution in [2.45, 2.75) is 90.3 Å². The molecule has 2 N–H and O–H groups in total. The molecule has 0 rings (SSSR count). The zero-order chi connectivity index (χ0) is 12.2. The van der Waals surface area contributed by atoms with Crippen molar-refractivity contribution in [2.24, 2.45) is 0 Å². The van der Waals surface area contributed by atoms with Crippen molar-refractivity contribution in [3.05, 3.63) is 0 Å². The van der Waals surface area contributed by atoms with Gasteiger partial charge < -0.3 is 10.2 Å². The van der Waals surface area contributed by atoms with Crippen LogP contribution >= 0.6 is 0 Å². The lowest BCUT2D eigenvalue weighted by atomic mass is 10.0. The van der Waals surface area contributed by atoms with Gasteiger partial charge in [0.15, 0.2) is 0 Å². The SMILES string of the molecule is CCCCCCCC(O)C(O)CCCCC. The minimum absolute atomic E-state index is 0.501. The maximum Gasteiger partial charge on any atom is 0.0799 e. The Labute approximate surface area is 101 Å². The van der Waals surface area contributed by atoms with E-state index >= 15 is 0 Å². The Hall–Kier alpha value is -0.0800. The van der Waals surface area contributed by atoms with Crippen molar-refractivity contribution in [1.82, 2.24) is 0 Å². The van der Waals surface area contributed by atoms with Crippen LogP contribution in [0.1, 0.15) is 78.1 Å². The summed E-state index contributed by atoms with van der Waals surface area (Å²) in [5.41, 5.74) is 0. The van der Waals surface area contributed by atoms with Gasteiger partial charge in [-0.05, 0) is 12.8 Å². The molecule has 2 unspecified atom stereocenters. The summed E-state index contributed by atoms with van der Waals surface area (Å²) in [5, 5.41) is 19.4. The van der Waals surface area contributed by atoms with E-state index in [9.17, 15) is 10.2 Å². The smallest absolute Gasteiger partial charge is 0.0799 e. The van der Waals surface area contributed by atoms with Crippen LogP contribution in [0.25, 0.3) is 0 Å². The molecule has 0 saturated heterocycles. The first-order valence-corrected chi connectivity index (χ1v) is 7.08. The first-order valence-electron chi connectivity index (χ1n) is 7.08. The highest BCUT2D eigenvalue weighted by Crippen LogP contribution is 2.13. The first kappa shape index (κ1) is 15.9. The fraction of sp³-hybridized carbons (Fsp3) is 1.00. The van der Waals surface area contributed by atoms with Gasteiger partial charge in [-0.2, -0.15) is 0 Å². The molecule has 98 valence electrons. The highest BCUT2D eigenvalue weighted by Gasteiger charge is 2.14. The number of aliphatic hydroxyl groups excluding tert-OH is 2. The predicted molar refractivity (Wildman–Crippen MR) is 69.5 cm³/mol. The van der Waals surface area contributed by atoms with Gasteiger partial charge in [-0.25, -0.2) is 0 Å². The van der Waals surface area contributed by atoms with Crippen molar-refractivity contribution < 1.29 is 10.2 Å². The van der Waals surface area contributed by atoms with Crippen LogP contribution in [0, 0.1) is 0 Å². The standard InChI is InChI=1S/C14H30O2/c1-3-5-7-8-10-12-14(16)13(15)11-9-6-4-2/h13-16H,3-12H2,1-2H3. The Balaban J connectivity index is 3.36. The average Bonchev–Trinajstić information content (AvgIpc) is 2.28. The highest BCUT2D eigenvalue weighted by atomic mass is 16.3. The van der Waals surface area contributed by atoms with E-state index in [-0.39, 0.29) is 0 Å². The molecule has 16 heavy (non-hydrogen) atoms. The van der Waals surface area contributed by atoms with Crippen LogP contribution < -0.4 is 0 Å². The van der Waals surface area contributed by atoms with E-state index in [1.165, 1.54) is 32.1 Å². The van der Waals surface area contributed by atoms with Crippen LogP contribution in [0.15, 0.2) is 0 Å². The Kier molecular flexibility index (Phi) is 11.3. The molecule has 2 nitrogen and oxygen atoms in total. The molecule has 0 amide bonds. The average molecular weight is 230 g/mol. The molecule has 2 heteroatoms. The van der Waals surface area contributed by atoms with Gasteiger partial charge in [-0.15, -0.1) is 0 Å². The largest absolute Gasteiger partial charge is 0.390 e. The normalized spacial score (nSPS) is 15.0. The quantitative estimate of drug-likeness (QED) is 0.532. The van der Waals surface area contributed by atoms with E-state index < -0.39 is 12.2 Å². The van der Waals surface area contributed by atoms with Gasteiger partial charge in [0.25, 0.3) is 0 Å². The van der Waals surface area contributed by atoms with Crippen molar-refractivity contribution in [3.63, 3.8) is 0 Å². The molecule has 0 fully saturated rings. The highest BCUT2D eigenvalue weighted by molar-refractivity contribution is 4.67. The number of hydrogen-bond acceptors (Lipinski definition) is 2. The second-order valence-corrected chi connectivity index (χ2v) is 4.83. The Morgan fingerprint density at radius 2 is 1.00 bits per heavy atom. The lowest BCUT2D eigenvalue weighted by molar-refractivity contribution is 0.00718. The molecule has 0 aromatic carbocycles. The van der Waals surface area contributed by atoms with Crippen molar-refractivity contribution in [3.8, 4) is 0 Å². The molecule has 0 bridgehead atoms. The van der Waals surface area contributed by atoms with E-state index in [0.717, 1.165) is 32.1 Å². The molecule has 0 aliphatic carbocycles. The maximum atomic E-state index is 9.72. The van der Waals surface area contributed by atoms with E-state index in [2.05, 4.69) is 13.8 Å². The summed E-state index contributed by atoms with van der Waals surface area (Å²) in [5.74, 6) is 0. The fourth-order valence-corrected chi connectivity index (χ4v) is 1.95. The van der Waals surface area contributed by atoms with Crippen LogP contribution in [0.2, 0.25) is 0 Å². The van der Waals surface area contributed by atoms with Crippen LogP contribution in [0.4, 0.5) is 0 Å². The predicted octanol–water partition coefficient (Wildman–Crippen LogP) is 3.65. The lowest BCUT2D eigenvalue weighted by Crippen LogP contribution is -2.25. The number of hydrogen-bond donors (Lipinski definition) is 2. The minimum Gasteiger partial charge on any atom is -0.390 e. The second kappa shape index (κ2) is 11.4. The molecular weight excluding hydrogens is 200 g/mol. The van der Waals surface area contributed by atoms with Gasteiger partial charge in [-0.1, -0.05) is 65.2 Å². The number of rotatable bonds is 11. The van der Waals surface area contributed by atoms with E-state index in [0.29, 0.717) is 0 Å². The summed E-state index contributed by atoms with van der Waals surface area (Å²) < 4.78 is 0. The second-order valence-electron chi connectivity index (χ2n) is 4.83. The fourth-order valence-electron chi connectivity index (χ4n) is 1.95. The van der Waals surface area contributed by atoms with E-state index in [1.54, 1.807) is 0 Å². The van der Waals surface area contributed by atoms with Gasteiger partial charge in [-0.3, -0.25) is 0 Å². The van der Waals surface area contributed by atoms with Crippen molar-refractivity contribution in [1.29, 1.82) is 0 Å². The summed E-state index contributed by atoms with van der Waals surface area (Å²) in [7, 11) is 0. The molecule has 0 spiro atoms. The van der Waals surface area contributed by atoms with Crippen LogP contribution in [-0.4, -0.2) is 22.4 Å². The molecule has 0 aromatic rings. The topological polar surface area (TPSA) is 40.5 Å². The molecule has 0 radical (unpaired) electrons. The first-order chi connectivity index (χ1) is 7.72. The number of unbranched alkanes of at least 4 members (excludes halogenated alkanes) is 6. The monoisotopic (exact) mass is 230 g/mol. The third-order valence-electron chi connectivity index (χ3n) is 3.15. The summed E-state index contributed by atoms with van der Waals surface area (Å²) in [6.45, 7) is 4.35. The molecule has 0 aliphatic heterocycles. The summed E-state index contributed by atoms with van der Waals surface area (Å²) >= 11 is 0. The zero-order valence-corrected chi connectivity index (χ0v) is 11.1. The van der Waals surface area contributed by atoms with Crippen LogP contribution in [0.5, 0.6) is 0 Å². The molecule has 0 aromatic heterocycles. The minimum atomic E-state index is -0.502. The van der Waals surface area contributed by atoms with E-state index in [4.69, 9.17) is 0 Å². The lowest BCUT2D eigenvalue weighted by Gasteiger charge is -2.17. The number of aliphatic hydroxyl groups is 2. The van der Waals surface area contributed by atoms with Gasteiger partial charge in [0.2, 0.25) is 0 Å². The van der Waals surface area contributed by atoms with Gasteiger partial charge in [0.05, 0.1) is 12.2 Å². The third kappa shape index (κ3) is 9.17. The van der Waals surface area contributed by atoms with Gasteiger partial charge in [0.1, 0.15) is 0 Å². The van der Waals surface area contributed by atoms with E-state index in [1.807, 2.05) is 0 Å². The van der Waals surface area contributed by atoms with Crippen LogP contribution in [-0.2, 0) is 0 Å². The van der Waals surface area contributed by atoms with Gasteiger partial charge >= 0.3 is 0 Å². The molecule has 0 aliphatic rings. The molecule has 0 saturated carbocycles. The van der Waals surface area contributed by atoms with Crippen molar-refractivity contribution >= 4 is 0 Å². The van der Waals surface area contributed by atoms with Crippen molar-refractivity contribution in [2.75, 3.05) is 0 Å². The summed E-state index contributed by atoms with van der Waals surface area (Å²) in [6, 6.07) is 0. The van der Waals surface area contributed by atoms with Crippen LogP contribution in [0.3, 0.4) is 0 Å². The zero-order valence-electron chi connectivity index (χ0n) is 11.1. The molecule has 0 heterocycles. The summed E-state index contributed by atoms with van der Waals surface area (Å²) in [4.78, 5) is 0. The molecule has 2 atom stereocenters. The summed E-state index contributed by atoms with van der Waals surface area (Å²) in [6.07, 6.45) is 9.90.